The van der Waals surface area contributed by atoms with Crippen LogP contribution in [0.5, 0.6) is 0 Å². The highest BCUT2D eigenvalue weighted by atomic mass is 16.1. The molecule has 0 aromatic carbocycles. The predicted octanol–water partition coefficient (Wildman–Crippen LogP) is 3.00. The summed E-state index contributed by atoms with van der Waals surface area (Å²) >= 11 is 0. The van der Waals surface area contributed by atoms with Crippen molar-refractivity contribution in [3.63, 3.8) is 0 Å². The molecule has 0 aliphatic carbocycles. The van der Waals surface area contributed by atoms with Crippen LogP contribution in [-0.2, 0) is 9.59 Å². The molecule has 0 rings (SSSR count). The molecule has 0 saturated heterocycles. The Labute approximate surface area is 87.1 Å². The van der Waals surface area contributed by atoms with E-state index in [0.717, 1.165) is 12.8 Å². The van der Waals surface area contributed by atoms with E-state index in [0.29, 0.717) is 6.42 Å². The molecule has 2 atom stereocenters. The maximum atomic E-state index is 11.7. The van der Waals surface area contributed by atoms with Crippen molar-refractivity contribution in [2.24, 2.45) is 11.3 Å². The molecular weight excluding hydrogens is 176 g/mol. The molecule has 0 aromatic rings. The summed E-state index contributed by atoms with van der Waals surface area (Å²) in [6.45, 7) is 9.35. The number of rotatable bonds is 6. The molecule has 82 valence electrons. The highest BCUT2D eigenvalue weighted by molar-refractivity contribution is 5.90. The van der Waals surface area contributed by atoms with E-state index in [2.05, 4.69) is 0 Å². The van der Waals surface area contributed by atoms with Gasteiger partial charge in [0.2, 0.25) is 0 Å². The molecular formula is C12H22O2. The van der Waals surface area contributed by atoms with Crippen molar-refractivity contribution in [1.29, 1.82) is 0 Å². The van der Waals surface area contributed by atoms with Crippen LogP contribution in [0.15, 0.2) is 0 Å². The zero-order chi connectivity index (χ0) is 11.4. The topological polar surface area (TPSA) is 34.1 Å². The summed E-state index contributed by atoms with van der Waals surface area (Å²) in [7, 11) is 0. The van der Waals surface area contributed by atoms with Gasteiger partial charge in [0.25, 0.3) is 0 Å². The second kappa shape index (κ2) is 5.28. The quantitative estimate of drug-likeness (QED) is 0.657. The average Bonchev–Trinajstić information content (AvgIpc) is 2.15. The second-order valence-corrected chi connectivity index (χ2v) is 4.42. The highest BCUT2D eigenvalue weighted by Gasteiger charge is 2.31. The fourth-order valence-electron chi connectivity index (χ4n) is 1.28. The summed E-state index contributed by atoms with van der Waals surface area (Å²) in [6, 6.07) is 0. The van der Waals surface area contributed by atoms with Crippen LogP contribution in [-0.4, -0.2) is 11.6 Å². The third kappa shape index (κ3) is 3.24. The molecule has 14 heavy (non-hydrogen) atoms. The summed E-state index contributed by atoms with van der Waals surface area (Å²) in [6.07, 6.45) is 1.99. The van der Waals surface area contributed by atoms with Gasteiger partial charge in [-0.1, -0.05) is 27.7 Å². The molecule has 0 aliphatic rings. The first-order valence-corrected chi connectivity index (χ1v) is 5.41. The molecule has 0 spiro atoms. The highest BCUT2D eigenvalue weighted by Crippen LogP contribution is 2.28. The van der Waals surface area contributed by atoms with Gasteiger partial charge >= 0.3 is 0 Å². The van der Waals surface area contributed by atoms with Crippen molar-refractivity contribution < 1.29 is 9.59 Å². The van der Waals surface area contributed by atoms with Crippen LogP contribution in [0, 0.1) is 11.3 Å². The smallest absolute Gasteiger partial charge is 0.136 e. The Morgan fingerprint density at radius 3 is 2.07 bits per heavy atom. The van der Waals surface area contributed by atoms with E-state index < -0.39 is 5.41 Å². The van der Waals surface area contributed by atoms with Gasteiger partial charge in [0.05, 0.1) is 0 Å². The predicted molar refractivity (Wildman–Crippen MR) is 58.2 cm³/mol. The number of ketones is 2. The Hall–Kier alpha value is -0.660. The lowest BCUT2D eigenvalue weighted by molar-refractivity contribution is -0.133. The molecule has 0 bridgehead atoms. The molecule has 0 radical (unpaired) electrons. The maximum Gasteiger partial charge on any atom is 0.136 e. The Kier molecular flexibility index (Phi) is 5.03. The molecule has 0 heterocycles. The third-order valence-electron chi connectivity index (χ3n) is 3.36. The van der Waals surface area contributed by atoms with Gasteiger partial charge in [0.15, 0.2) is 0 Å². The SMILES string of the molecule is CCC(C)C(=O)CC(C)(CC)C(C)=O. The summed E-state index contributed by atoms with van der Waals surface area (Å²) in [5.41, 5.74) is -0.444. The zero-order valence-corrected chi connectivity index (χ0v) is 10.0. The van der Waals surface area contributed by atoms with E-state index in [1.807, 2.05) is 27.7 Å². The Morgan fingerprint density at radius 1 is 1.29 bits per heavy atom. The van der Waals surface area contributed by atoms with Crippen LogP contribution in [0.3, 0.4) is 0 Å². The largest absolute Gasteiger partial charge is 0.299 e. The molecule has 2 heteroatoms. The van der Waals surface area contributed by atoms with Crippen molar-refractivity contribution in [3.05, 3.63) is 0 Å². The van der Waals surface area contributed by atoms with E-state index in [1.54, 1.807) is 6.92 Å². The van der Waals surface area contributed by atoms with Gasteiger partial charge in [-0.25, -0.2) is 0 Å². The maximum absolute atomic E-state index is 11.7. The number of carbonyl (C=O) groups is 2. The lowest BCUT2D eigenvalue weighted by atomic mass is 9.77. The van der Waals surface area contributed by atoms with Crippen LogP contribution in [0.2, 0.25) is 0 Å². The normalized spacial score (nSPS) is 17.2. The molecule has 2 unspecified atom stereocenters. The van der Waals surface area contributed by atoms with E-state index in [-0.39, 0.29) is 17.5 Å². The van der Waals surface area contributed by atoms with Gasteiger partial charge in [-0.3, -0.25) is 9.59 Å². The first-order chi connectivity index (χ1) is 6.37. The molecule has 0 aliphatic heterocycles. The molecule has 0 saturated carbocycles. The minimum absolute atomic E-state index is 0.0835. The van der Waals surface area contributed by atoms with Crippen molar-refractivity contribution in [3.8, 4) is 0 Å². The molecule has 0 fully saturated rings. The van der Waals surface area contributed by atoms with Gasteiger partial charge in [0.1, 0.15) is 11.6 Å². The van der Waals surface area contributed by atoms with Crippen LogP contribution in [0.1, 0.15) is 53.9 Å². The average molecular weight is 198 g/mol. The third-order valence-corrected chi connectivity index (χ3v) is 3.36. The van der Waals surface area contributed by atoms with Gasteiger partial charge < -0.3 is 0 Å². The second-order valence-electron chi connectivity index (χ2n) is 4.42. The zero-order valence-electron chi connectivity index (χ0n) is 10.0. The first kappa shape index (κ1) is 13.3. The number of hydrogen-bond acceptors (Lipinski definition) is 2. The lowest BCUT2D eigenvalue weighted by Gasteiger charge is -2.25. The van der Waals surface area contributed by atoms with Gasteiger partial charge in [-0.15, -0.1) is 0 Å². The van der Waals surface area contributed by atoms with Crippen LogP contribution in [0.4, 0.5) is 0 Å². The fourth-order valence-corrected chi connectivity index (χ4v) is 1.28. The number of Topliss-reactive ketones (excluding diaryl/α,β-unsaturated/α-hetero) is 2. The Balaban J connectivity index is 4.47. The van der Waals surface area contributed by atoms with E-state index in [4.69, 9.17) is 0 Å². The Bertz CT molecular complexity index is 220. The van der Waals surface area contributed by atoms with Crippen LogP contribution < -0.4 is 0 Å². The molecule has 2 nitrogen and oxygen atoms in total. The first-order valence-electron chi connectivity index (χ1n) is 5.41. The van der Waals surface area contributed by atoms with Gasteiger partial charge in [-0.05, 0) is 19.8 Å². The summed E-state index contributed by atoms with van der Waals surface area (Å²) < 4.78 is 0. The number of carbonyl (C=O) groups excluding carboxylic acids is 2. The van der Waals surface area contributed by atoms with Crippen molar-refractivity contribution in [2.75, 3.05) is 0 Å². The number of hydrogen-bond donors (Lipinski definition) is 0. The van der Waals surface area contributed by atoms with E-state index in [9.17, 15) is 9.59 Å². The summed E-state index contributed by atoms with van der Waals surface area (Å²) in [4.78, 5) is 23.1. The van der Waals surface area contributed by atoms with Crippen LogP contribution >= 0.6 is 0 Å². The molecule has 0 amide bonds. The van der Waals surface area contributed by atoms with Crippen LogP contribution in [0.25, 0.3) is 0 Å². The summed E-state index contributed by atoms with van der Waals surface area (Å²) in [5, 5.41) is 0. The van der Waals surface area contributed by atoms with E-state index >= 15 is 0 Å². The molecule has 0 N–H and O–H groups in total. The minimum Gasteiger partial charge on any atom is -0.299 e. The fraction of sp³-hybridized carbons (Fsp3) is 0.833. The summed E-state index contributed by atoms with van der Waals surface area (Å²) in [5.74, 6) is 0.420. The van der Waals surface area contributed by atoms with Crippen molar-refractivity contribution >= 4 is 11.6 Å². The van der Waals surface area contributed by atoms with Gasteiger partial charge in [0, 0.05) is 17.8 Å². The van der Waals surface area contributed by atoms with E-state index in [1.165, 1.54) is 0 Å². The Morgan fingerprint density at radius 2 is 1.79 bits per heavy atom. The van der Waals surface area contributed by atoms with Gasteiger partial charge in [-0.2, -0.15) is 0 Å². The lowest BCUT2D eigenvalue weighted by Crippen LogP contribution is -2.29. The monoisotopic (exact) mass is 198 g/mol. The van der Waals surface area contributed by atoms with Crippen molar-refractivity contribution in [1.82, 2.24) is 0 Å². The van der Waals surface area contributed by atoms with Crippen molar-refractivity contribution in [2.45, 2.75) is 53.9 Å². The molecule has 0 aromatic heterocycles. The standard InChI is InChI=1S/C12H22O2/c1-6-9(3)11(14)8-12(5,7-2)10(4)13/h9H,6-8H2,1-5H3. The minimum atomic E-state index is -0.444.